The van der Waals surface area contributed by atoms with Gasteiger partial charge in [-0.3, -0.25) is 4.79 Å². The lowest BCUT2D eigenvalue weighted by Gasteiger charge is -2.22. The van der Waals surface area contributed by atoms with E-state index in [-0.39, 0.29) is 5.91 Å². The van der Waals surface area contributed by atoms with Crippen molar-refractivity contribution in [2.75, 3.05) is 11.9 Å². The molecule has 5 aromatic rings. The third-order valence-electron chi connectivity index (χ3n) is 7.43. The number of carbonyl (C=O) groups excluding carboxylic acids is 1. The Bertz CT molecular complexity index is 1700. The highest BCUT2D eigenvalue weighted by atomic mass is 35.5. The molecule has 168 valence electrons. The average Bonchev–Trinajstić information content (AvgIpc) is 3.51. The number of nitrogens with zero attached hydrogens (tertiary/aromatic N) is 1. The van der Waals surface area contributed by atoms with E-state index in [0.29, 0.717) is 5.02 Å². The Balaban J connectivity index is 1.59. The molecule has 0 radical (unpaired) electrons. The third kappa shape index (κ3) is 2.64. The first-order chi connectivity index (χ1) is 17.1. The number of carbonyl (C=O) groups is 1. The van der Waals surface area contributed by atoms with Gasteiger partial charge in [-0.2, -0.15) is 0 Å². The molecule has 7 rings (SSSR count). The van der Waals surface area contributed by atoms with Crippen molar-refractivity contribution >= 4 is 39.7 Å². The minimum absolute atomic E-state index is 0.0401. The number of H-pyrrole nitrogens is 1. The van der Waals surface area contributed by atoms with Crippen LogP contribution in [0, 0.1) is 0 Å². The summed E-state index contributed by atoms with van der Waals surface area (Å²) < 4.78 is 0. The van der Waals surface area contributed by atoms with Crippen molar-refractivity contribution < 1.29 is 4.79 Å². The van der Waals surface area contributed by atoms with E-state index < -0.39 is 5.41 Å². The summed E-state index contributed by atoms with van der Waals surface area (Å²) in [5.74, 6) is 0.0401. The summed E-state index contributed by atoms with van der Waals surface area (Å²) in [6, 6.07) is 32.8. The highest BCUT2D eigenvalue weighted by Crippen LogP contribution is 2.56. The Labute approximate surface area is 208 Å². The molecule has 1 N–H and O–H groups in total. The molecular formula is C31H21ClN2O. The van der Waals surface area contributed by atoms with Crippen LogP contribution in [0.15, 0.2) is 103 Å². The number of halogens is 1. The number of anilines is 1. The molecule has 4 heteroatoms. The van der Waals surface area contributed by atoms with E-state index in [0.717, 1.165) is 55.7 Å². The Morgan fingerprint density at radius 3 is 2.43 bits per heavy atom. The van der Waals surface area contributed by atoms with Gasteiger partial charge in [0, 0.05) is 34.2 Å². The number of rotatable bonds is 2. The van der Waals surface area contributed by atoms with E-state index in [1.807, 2.05) is 43.4 Å². The van der Waals surface area contributed by atoms with Crippen LogP contribution >= 0.6 is 11.6 Å². The predicted molar refractivity (Wildman–Crippen MR) is 143 cm³/mol. The number of likely N-dealkylation sites (N-methyl/N-ethyl adjacent to an activating group) is 1. The minimum Gasteiger partial charge on any atom is -0.354 e. The highest BCUT2D eigenvalue weighted by molar-refractivity contribution is 6.31. The first-order valence-electron chi connectivity index (χ1n) is 11.7. The number of amides is 1. The Morgan fingerprint density at radius 1 is 0.829 bits per heavy atom. The Morgan fingerprint density at radius 2 is 1.57 bits per heavy atom. The maximum absolute atomic E-state index is 14.0. The van der Waals surface area contributed by atoms with E-state index in [1.54, 1.807) is 4.90 Å². The molecule has 2 aliphatic rings. The number of aromatic nitrogens is 1. The number of fused-ring (bicyclic) bond motifs is 5. The van der Waals surface area contributed by atoms with Crippen LogP contribution in [-0.2, 0) is 10.2 Å². The molecule has 0 saturated carbocycles. The van der Waals surface area contributed by atoms with Crippen LogP contribution in [0.4, 0.5) is 5.69 Å². The molecule has 35 heavy (non-hydrogen) atoms. The smallest absolute Gasteiger partial charge is 0.245 e. The SMILES string of the molecule is CN1C(=O)C2(C=C(c3c(-c4ccccc4)[nH]c4ccccc34)c3ccccc32)c2ccc(Cl)cc21. The van der Waals surface area contributed by atoms with Crippen molar-refractivity contribution in [3.8, 4) is 11.3 Å². The van der Waals surface area contributed by atoms with Gasteiger partial charge in [-0.05, 0) is 46.0 Å². The summed E-state index contributed by atoms with van der Waals surface area (Å²) in [5.41, 5.74) is 8.47. The maximum atomic E-state index is 14.0. The zero-order valence-corrected chi connectivity index (χ0v) is 19.8. The molecule has 0 fully saturated rings. The van der Waals surface area contributed by atoms with Crippen LogP contribution in [0.25, 0.3) is 27.7 Å². The second-order valence-corrected chi connectivity index (χ2v) is 9.66. The summed E-state index contributed by atoms with van der Waals surface area (Å²) in [7, 11) is 1.84. The second kappa shape index (κ2) is 7.21. The van der Waals surface area contributed by atoms with Crippen molar-refractivity contribution in [2.45, 2.75) is 5.41 Å². The maximum Gasteiger partial charge on any atom is 0.245 e. The van der Waals surface area contributed by atoms with E-state index in [4.69, 9.17) is 11.6 Å². The lowest BCUT2D eigenvalue weighted by Crippen LogP contribution is -2.37. The molecule has 1 unspecified atom stereocenters. The standard InChI is InChI=1S/C31H21ClN2O/c1-34-27-17-20(32)15-16-25(27)31(30(34)35)18-23(21-11-5-7-13-24(21)31)28-22-12-6-8-14-26(22)33-29(28)19-9-3-2-4-10-19/h2-18,33H,1H3. The van der Waals surface area contributed by atoms with Crippen LogP contribution in [0.3, 0.4) is 0 Å². The normalized spacial score (nSPS) is 18.3. The fourth-order valence-corrected chi connectivity index (χ4v) is 6.05. The fraction of sp³-hybridized carbons (Fsp3) is 0.0645. The van der Waals surface area contributed by atoms with Crippen LogP contribution in [0.2, 0.25) is 5.02 Å². The molecule has 2 heterocycles. The molecule has 1 aliphatic heterocycles. The van der Waals surface area contributed by atoms with E-state index in [1.165, 1.54) is 0 Å². The molecule has 1 aliphatic carbocycles. The van der Waals surface area contributed by atoms with Gasteiger partial charge in [0.25, 0.3) is 0 Å². The van der Waals surface area contributed by atoms with Gasteiger partial charge < -0.3 is 9.88 Å². The van der Waals surface area contributed by atoms with Crippen molar-refractivity contribution in [1.82, 2.24) is 4.98 Å². The summed E-state index contributed by atoms with van der Waals surface area (Å²) in [5, 5.41) is 1.76. The van der Waals surface area contributed by atoms with Gasteiger partial charge in [0.15, 0.2) is 0 Å². The van der Waals surface area contributed by atoms with Crippen molar-refractivity contribution in [3.05, 3.63) is 130 Å². The van der Waals surface area contributed by atoms with Gasteiger partial charge in [0.1, 0.15) is 5.41 Å². The molecule has 1 atom stereocenters. The summed E-state index contributed by atoms with van der Waals surface area (Å²) in [6.07, 6.45) is 2.18. The fourth-order valence-electron chi connectivity index (χ4n) is 5.89. The summed E-state index contributed by atoms with van der Waals surface area (Å²) in [4.78, 5) is 19.4. The van der Waals surface area contributed by atoms with Gasteiger partial charge in [-0.1, -0.05) is 96.5 Å². The van der Waals surface area contributed by atoms with Gasteiger partial charge in [0.2, 0.25) is 5.91 Å². The van der Waals surface area contributed by atoms with Crippen molar-refractivity contribution in [2.24, 2.45) is 0 Å². The van der Waals surface area contributed by atoms with Crippen molar-refractivity contribution in [1.29, 1.82) is 0 Å². The number of nitrogens with one attached hydrogen (secondary N) is 1. The molecule has 3 nitrogen and oxygen atoms in total. The number of hydrogen-bond donors (Lipinski definition) is 1. The zero-order chi connectivity index (χ0) is 23.7. The third-order valence-corrected chi connectivity index (χ3v) is 7.66. The Kier molecular flexibility index (Phi) is 4.18. The van der Waals surface area contributed by atoms with Crippen LogP contribution in [0.1, 0.15) is 22.3 Å². The number of hydrogen-bond acceptors (Lipinski definition) is 1. The molecule has 1 amide bonds. The van der Waals surface area contributed by atoms with Crippen LogP contribution in [0.5, 0.6) is 0 Å². The monoisotopic (exact) mass is 472 g/mol. The first kappa shape index (κ1) is 20.3. The topological polar surface area (TPSA) is 36.1 Å². The van der Waals surface area contributed by atoms with E-state index >= 15 is 0 Å². The Hall–Kier alpha value is -4.08. The average molecular weight is 473 g/mol. The number of para-hydroxylation sites is 1. The van der Waals surface area contributed by atoms with Crippen LogP contribution in [-0.4, -0.2) is 17.9 Å². The molecule has 0 bridgehead atoms. The van der Waals surface area contributed by atoms with Gasteiger partial charge in [-0.15, -0.1) is 0 Å². The second-order valence-electron chi connectivity index (χ2n) is 9.22. The zero-order valence-electron chi connectivity index (χ0n) is 19.0. The largest absolute Gasteiger partial charge is 0.354 e. The highest BCUT2D eigenvalue weighted by Gasteiger charge is 2.53. The molecular weight excluding hydrogens is 452 g/mol. The van der Waals surface area contributed by atoms with E-state index in [9.17, 15) is 4.79 Å². The quantitative estimate of drug-likeness (QED) is 0.290. The van der Waals surface area contributed by atoms with Crippen LogP contribution < -0.4 is 4.90 Å². The summed E-state index contributed by atoms with van der Waals surface area (Å²) in [6.45, 7) is 0. The van der Waals surface area contributed by atoms with Gasteiger partial charge in [-0.25, -0.2) is 0 Å². The lowest BCUT2D eigenvalue weighted by atomic mass is 9.77. The molecule has 1 aromatic heterocycles. The lowest BCUT2D eigenvalue weighted by molar-refractivity contribution is -0.120. The minimum atomic E-state index is -0.882. The molecule has 0 saturated heterocycles. The van der Waals surface area contributed by atoms with Gasteiger partial charge >= 0.3 is 0 Å². The van der Waals surface area contributed by atoms with Crippen molar-refractivity contribution in [3.63, 3.8) is 0 Å². The van der Waals surface area contributed by atoms with E-state index in [2.05, 4.69) is 71.7 Å². The van der Waals surface area contributed by atoms with Gasteiger partial charge in [0.05, 0.1) is 5.69 Å². The summed E-state index contributed by atoms with van der Waals surface area (Å²) >= 11 is 6.34. The molecule has 4 aromatic carbocycles. The number of aromatic amines is 1. The first-order valence-corrected chi connectivity index (χ1v) is 12.0. The number of benzene rings is 4. The predicted octanol–water partition coefficient (Wildman–Crippen LogP) is 7.20. The molecule has 1 spiro atoms.